The third-order valence-corrected chi connectivity index (χ3v) is 4.35. The van der Waals surface area contributed by atoms with Crippen molar-refractivity contribution in [1.82, 2.24) is 9.13 Å². The molecule has 1 aliphatic heterocycles. The summed E-state index contributed by atoms with van der Waals surface area (Å²) in [6.45, 7) is 0. The molecule has 0 saturated heterocycles. The highest BCUT2D eigenvalue weighted by Crippen LogP contribution is 2.12. The molecule has 0 radical (unpaired) electrons. The molecule has 1 aromatic rings. The lowest BCUT2D eigenvalue weighted by atomic mass is 10.3. The van der Waals surface area contributed by atoms with Crippen molar-refractivity contribution in [2.24, 2.45) is 19.1 Å². The van der Waals surface area contributed by atoms with Gasteiger partial charge in [0.25, 0.3) is 5.56 Å². The lowest BCUT2D eigenvalue weighted by Crippen LogP contribution is -2.38. The average molecular weight is 299 g/mol. The standard InChI is InChI=1S/C11H13N3O5S/c1-13-9(15)8(10(16)14(2)11(13)17)5-12-7-3-4-20(18,19)6-7/h3-5,7,15H,6H2,1-2H3. The molecule has 0 fully saturated rings. The molecule has 108 valence electrons. The lowest BCUT2D eigenvalue weighted by molar-refractivity contribution is 0.410. The van der Waals surface area contributed by atoms with Crippen LogP contribution in [0.3, 0.4) is 0 Å². The number of rotatable bonds is 2. The van der Waals surface area contributed by atoms with Gasteiger partial charge in [-0.2, -0.15) is 0 Å². The topological polar surface area (TPSA) is 111 Å². The Balaban J connectivity index is 2.44. The highest BCUT2D eigenvalue weighted by molar-refractivity contribution is 7.94. The highest BCUT2D eigenvalue weighted by Gasteiger charge is 2.21. The van der Waals surface area contributed by atoms with Crippen LogP contribution in [0.2, 0.25) is 0 Å². The smallest absolute Gasteiger partial charge is 0.333 e. The quantitative estimate of drug-likeness (QED) is 0.669. The maximum absolute atomic E-state index is 11.9. The Morgan fingerprint density at radius 1 is 1.35 bits per heavy atom. The Morgan fingerprint density at radius 2 is 2.00 bits per heavy atom. The highest BCUT2D eigenvalue weighted by atomic mass is 32.2. The summed E-state index contributed by atoms with van der Waals surface area (Å²) >= 11 is 0. The monoisotopic (exact) mass is 299 g/mol. The summed E-state index contributed by atoms with van der Waals surface area (Å²) in [4.78, 5) is 27.3. The Hall–Kier alpha value is -2.16. The molecule has 1 aromatic heterocycles. The van der Waals surface area contributed by atoms with Crippen LogP contribution in [0.4, 0.5) is 0 Å². The van der Waals surface area contributed by atoms with Gasteiger partial charge in [-0.3, -0.25) is 18.9 Å². The van der Waals surface area contributed by atoms with Gasteiger partial charge in [0.15, 0.2) is 9.84 Å². The molecule has 1 aliphatic rings. The van der Waals surface area contributed by atoms with Gasteiger partial charge in [-0.05, 0) is 6.08 Å². The first-order chi connectivity index (χ1) is 9.23. The van der Waals surface area contributed by atoms with Crippen molar-refractivity contribution in [2.75, 3.05) is 5.75 Å². The van der Waals surface area contributed by atoms with E-state index in [1.165, 1.54) is 20.2 Å². The minimum Gasteiger partial charge on any atom is -0.494 e. The van der Waals surface area contributed by atoms with Crippen molar-refractivity contribution in [3.63, 3.8) is 0 Å². The first-order valence-corrected chi connectivity index (χ1v) is 7.37. The predicted octanol–water partition coefficient (Wildman–Crippen LogP) is -1.48. The van der Waals surface area contributed by atoms with Crippen molar-refractivity contribution in [3.8, 4) is 5.88 Å². The van der Waals surface area contributed by atoms with E-state index < -0.39 is 33.0 Å². The van der Waals surface area contributed by atoms with Crippen LogP contribution in [-0.4, -0.2) is 40.7 Å². The molecule has 0 aromatic carbocycles. The first-order valence-electron chi connectivity index (χ1n) is 5.66. The second-order valence-corrected chi connectivity index (χ2v) is 6.38. The van der Waals surface area contributed by atoms with Crippen LogP contribution < -0.4 is 11.2 Å². The molecule has 8 nitrogen and oxygen atoms in total. The van der Waals surface area contributed by atoms with Crippen LogP contribution in [0, 0.1) is 0 Å². The van der Waals surface area contributed by atoms with E-state index in [1.54, 1.807) is 0 Å². The molecule has 1 unspecified atom stereocenters. The predicted molar refractivity (Wildman–Crippen MR) is 72.9 cm³/mol. The van der Waals surface area contributed by atoms with Gasteiger partial charge in [0, 0.05) is 25.7 Å². The summed E-state index contributed by atoms with van der Waals surface area (Å²) in [6, 6.07) is -0.596. The van der Waals surface area contributed by atoms with Gasteiger partial charge in [0.05, 0.1) is 11.8 Å². The molecular weight excluding hydrogens is 286 g/mol. The molecule has 9 heteroatoms. The molecule has 2 heterocycles. The van der Waals surface area contributed by atoms with Crippen molar-refractivity contribution in [1.29, 1.82) is 0 Å². The second-order valence-electron chi connectivity index (χ2n) is 4.45. The SMILES string of the molecule is Cn1c(O)c(C=NC2C=CS(=O)(=O)C2)c(=O)n(C)c1=O. The van der Waals surface area contributed by atoms with Crippen LogP contribution in [0.5, 0.6) is 5.88 Å². The van der Waals surface area contributed by atoms with Crippen molar-refractivity contribution in [2.45, 2.75) is 6.04 Å². The van der Waals surface area contributed by atoms with Crippen LogP contribution in [-0.2, 0) is 23.9 Å². The zero-order valence-corrected chi connectivity index (χ0v) is 11.7. The van der Waals surface area contributed by atoms with Gasteiger partial charge >= 0.3 is 5.69 Å². The van der Waals surface area contributed by atoms with Gasteiger partial charge in [-0.15, -0.1) is 0 Å². The fourth-order valence-electron chi connectivity index (χ4n) is 1.79. The Morgan fingerprint density at radius 3 is 2.55 bits per heavy atom. The molecule has 1 atom stereocenters. The summed E-state index contributed by atoms with van der Waals surface area (Å²) in [5.41, 5.74) is -1.51. The molecule has 0 spiro atoms. The summed E-state index contributed by atoms with van der Waals surface area (Å²) in [6.07, 6.45) is 2.49. The fourth-order valence-corrected chi connectivity index (χ4v) is 3.00. The second kappa shape index (κ2) is 4.75. The van der Waals surface area contributed by atoms with E-state index in [2.05, 4.69) is 4.99 Å². The van der Waals surface area contributed by atoms with Gasteiger partial charge in [0.2, 0.25) is 5.88 Å². The van der Waals surface area contributed by atoms with Crippen LogP contribution in [0.1, 0.15) is 5.56 Å². The average Bonchev–Trinajstić information content (AvgIpc) is 2.73. The molecule has 0 amide bonds. The van der Waals surface area contributed by atoms with Gasteiger partial charge < -0.3 is 5.11 Å². The summed E-state index contributed by atoms with van der Waals surface area (Å²) in [5, 5.41) is 10.8. The number of sulfone groups is 1. The van der Waals surface area contributed by atoms with E-state index in [9.17, 15) is 23.1 Å². The van der Waals surface area contributed by atoms with E-state index in [4.69, 9.17) is 0 Å². The zero-order valence-electron chi connectivity index (χ0n) is 10.8. The molecule has 20 heavy (non-hydrogen) atoms. The van der Waals surface area contributed by atoms with E-state index in [0.29, 0.717) is 0 Å². The first kappa shape index (κ1) is 14.3. The van der Waals surface area contributed by atoms with Crippen molar-refractivity contribution >= 4 is 16.1 Å². The number of aromatic hydroxyl groups is 1. The van der Waals surface area contributed by atoms with Gasteiger partial charge in [0.1, 0.15) is 5.56 Å². The van der Waals surface area contributed by atoms with Crippen molar-refractivity contribution in [3.05, 3.63) is 37.9 Å². The maximum Gasteiger partial charge on any atom is 0.333 e. The summed E-state index contributed by atoms with van der Waals surface area (Å²) in [5.74, 6) is -0.678. The van der Waals surface area contributed by atoms with Crippen LogP contribution >= 0.6 is 0 Å². The number of aliphatic imine (C=N–C) groups is 1. The van der Waals surface area contributed by atoms with Crippen LogP contribution in [0.15, 0.2) is 26.1 Å². The lowest BCUT2D eigenvalue weighted by Gasteiger charge is -2.07. The molecule has 0 bridgehead atoms. The largest absolute Gasteiger partial charge is 0.494 e. The Labute approximate surface area is 114 Å². The van der Waals surface area contributed by atoms with E-state index >= 15 is 0 Å². The third kappa shape index (κ3) is 2.44. The molecule has 2 rings (SSSR count). The number of aromatic nitrogens is 2. The zero-order chi connectivity index (χ0) is 15.1. The minimum absolute atomic E-state index is 0.160. The number of nitrogens with zero attached hydrogens (tertiary/aromatic N) is 3. The molecule has 0 saturated carbocycles. The number of hydrogen-bond donors (Lipinski definition) is 1. The van der Waals surface area contributed by atoms with Crippen molar-refractivity contribution < 1.29 is 13.5 Å². The Kier molecular flexibility index (Phi) is 3.38. The Bertz CT molecular complexity index is 829. The normalized spacial score (nSPS) is 20.8. The van der Waals surface area contributed by atoms with Gasteiger partial charge in [-0.1, -0.05) is 0 Å². The summed E-state index contributed by atoms with van der Waals surface area (Å²) in [7, 11) is -0.645. The molecular formula is C11H13N3O5S. The maximum atomic E-state index is 11.9. The van der Waals surface area contributed by atoms with E-state index in [1.807, 2.05) is 0 Å². The minimum atomic E-state index is -3.24. The molecule has 0 aliphatic carbocycles. The van der Waals surface area contributed by atoms with Gasteiger partial charge in [-0.25, -0.2) is 13.2 Å². The van der Waals surface area contributed by atoms with E-state index in [0.717, 1.165) is 20.8 Å². The van der Waals surface area contributed by atoms with E-state index in [-0.39, 0.29) is 11.3 Å². The third-order valence-electron chi connectivity index (χ3n) is 2.97. The fraction of sp³-hybridized carbons (Fsp3) is 0.364. The number of hydrogen-bond acceptors (Lipinski definition) is 6. The molecule has 1 N–H and O–H groups in total. The summed E-state index contributed by atoms with van der Waals surface area (Å²) < 4.78 is 24.2. The van der Waals surface area contributed by atoms with Crippen LogP contribution in [0.25, 0.3) is 0 Å².